The number of nitrogens with zero attached hydrogens (tertiary/aromatic N) is 1. The quantitative estimate of drug-likeness (QED) is 0.125. The van der Waals surface area contributed by atoms with E-state index < -0.39 is 0 Å². The molecule has 0 saturated carbocycles. The zero-order valence-electron chi connectivity index (χ0n) is 36.7. The third kappa shape index (κ3) is 7.24. The van der Waals surface area contributed by atoms with E-state index in [2.05, 4.69) is 223 Å². The Labute approximate surface area is 372 Å². The molecular formula is C53H44B7NO. The SMILES string of the molecule is B/C(CN(c1ccc(-c2ccccc2)cc1)c1c(B)c(B)c(-c2cccc3c2oc2ccccc23)c(B)c1B)=C(B)/C(=C(/B)C#C)c1cccc(-c2cccc3ccccc23)c1. The number of para-hydroxylation sites is 2. The number of hydrogen-bond donors (Lipinski definition) is 0. The fourth-order valence-electron chi connectivity index (χ4n) is 9.48. The molecule has 0 unspecified atom stereocenters. The van der Waals surface area contributed by atoms with Crippen molar-refractivity contribution in [1.82, 2.24) is 0 Å². The van der Waals surface area contributed by atoms with E-state index in [-0.39, 0.29) is 0 Å². The normalized spacial score (nSPS) is 12.2. The highest BCUT2D eigenvalue weighted by Crippen LogP contribution is 2.37. The van der Waals surface area contributed by atoms with Gasteiger partial charge in [0.1, 0.15) is 58.2 Å². The number of fused-ring (bicyclic) bond motifs is 4. The number of benzene rings is 8. The van der Waals surface area contributed by atoms with Gasteiger partial charge in [0.15, 0.2) is 7.85 Å². The first-order valence-corrected chi connectivity index (χ1v) is 21.5. The lowest BCUT2D eigenvalue weighted by Gasteiger charge is -2.33. The highest BCUT2D eigenvalue weighted by Gasteiger charge is 2.24. The maximum atomic E-state index is 6.61. The van der Waals surface area contributed by atoms with Crippen LogP contribution in [0.1, 0.15) is 5.56 Å². The summed E-state index contributed by atoms with van der Waals surface area (Å²) < 4.78 is 6.61. The number of hydrogen-bond acceptors (Lipinski definition) is 2. The molecule has 1 aromatic heterocycles. The zero-order chi connectivity index (χ0) is 43.1. The molecule has 9 heteroatoms. The molecule has 0 saturated heterocycles. The van der Waals surface area contributed by atoms with Gasteiger partial charge in [0.05, 0.1) is 0 Å². The first kappa shape index (κ1) is 40.5. The summed E-state index contributed by atoms with van der Waals surface area (Å²) in [6, 6.07) is 58.5. The van der Waals surface area contributed by atoms with Crippen LogP contribution in [0.2, 0.25) is 0 Å². The second-order valence-electron chi connectivity index (χ2n) is 16.7. The smallest absolute Gasteiger partial charge is 0.151 e. The molecule has 0 amide bonds. The summed E-state index contributed by atoms with van der Waals surface area (Å²) in [7, 11) is 15.7. The van der Waals surface area contributed by atoms with Gasteiger partial charge in [-0.2, -0.15) is 0 Å². The lowest BCUT2D eigenvalue weighted by atomic mass is 9.64. The minimum atomic E-state index is 0.667. The molecule has 0 aliphatic carbocycles. The average molecular weight is 787 g/mol. The van der Waals surface area contributed by atoms with E-state index in [0.29, 0.717) is 6.54 Å². The maximum Gasteiger partial charge on any atom is 0.151 e. The molecule has 0 aliphatic rings. The van der Waals surface area contributed by atoms with Crippen molar-refractivity contribution in [2.24, 2.45) is 0 Å². The van der Waals surface area contributed by atoms with Crippen LogP contribution in [0.3, 0.4) is 0 Å². The third-order valence-electron chi connectivity index (χ3n) is 13.1. The number of terminal acetylenes is 1. The molecule has 0 bridgehead atoms. The molecule has 0 fully saturated rings. The molecule has 9 rings (SSSR count). The third-order valence-corrected chi connectivity index (χ3v) is 13.1. The predicted octanol–water partition coefficient (Wildman–Crippen LogP) is 4.07. The second kappa shape index (κ2) is 16.9. The van der Waals surface area contributed by atoms with Crippen LogP contribution < -0.4 is 26.8 Å². The summed E-state index contributed by atoms with van der Waals surface area (Å²) in [4.78, 5) is 2.51. The molecule has 0 atom stereocenters. The van der Waals surface area contributed by atoms with Gasteiger partial charge in [-0.3, -0.25) is 0 Å². The van der Waals surface area contributed by atoms with Gasteiger partial charge in [0, 0.05) is 34.3 Å². The minimum absolute atomic E-state index is 0.667. The Balaban J connectivity index is 1.18. The highest BCUT2D eigenvalue weighted by atomic mass is 16.3. The molecule has 62 heavy (non-hydrogen) atoms. The Hall–Kier alpha value is -6.89. The topological polar surface area (TPSA) is 16.4 Å². The second-order valence-corrected chi connectivity index (χ2v) is 16.7. The maximum absolute atomic E-state index is 6.61. The Morgan fingerprint density at radius 1 is 0.548 bits per heavy atom. The number of furan rings is 1. The van der Waals surface area contributed by atoms with Crippen LogP contribution in [-0.4, -0.2) is 61.5 Å². The van der Waals surface area contributed by atoms with Gasteiger partial charge in [0.25, 0.3) is 0 Å². The van der Waals surface area contributed by atoms with Gasteiger partial charge in [-0.05, 0) is 79.5 Å². The van der Waals surface area contributed by atoms with Crippen molar-refractivity contribution in [3.63, 3.8) is 0 Å². The van der Waals surface area contributed by atoms with Gasteiger partial charge in [-0.15, -0.1) is 6.42 Å². The highest BCUT2D eigenvalue weighted by molar-refractivity contribution is 6.63. The van der Waals surface area contributed by atoms with Crippen LogP contribution in [0.4, 0.5) is 11.4 Å². The van der Waals surface area contributed by atoms with E-state index in [9.17, 15) is 0 Å². The molecule has 0 N–H and O–H groups in total. The number of rotatable bonds is 9. The Morgan fingerprint density at radius 2 is 1.13 bits per heavy atom. The molecule has 0 radical (unpaired) electrons. The lowest BCUT2D eigenvalue weighted by Crippen LogP contribution is -2.47. The van der Waals surface area contributed by atoms with Crippen molar-refractivity contribution in [3.8, 4) is 45.7 Å². The van der Waals surface area contributed by atoms with Crippen LogP contribution in [0.15, 0.2) is 185 Å². The standard InChI is InChI=1S/C53H44B7NO/c1-2-42(54)45(35-18-10-17-34(29-35)38-21-11-16-33-15-6-7-19-37(33)38)47(56)43(55)30-61(36-27-25-32(26-28-36)31-13-4-3-5-14-31)52-50(59)48(57)46(49(58)51(52)60)41-23-12-22-40-39-20-8-9-24-44(39)62-53(40)41/h1,3-29H,30,54-60H2/b45-42+,47-43-. The average Bonchev–Trinajstić information content (AvgIpc) is 3.70. The minimum Gasteiger partial charge on any atom is -0.455 e. The molecular weight excluding hydrogens is 742 g/mol. The summed E-state index contributed by atoms with van der Waals surface area (Å²) in [5.41, 5.74) is 21.8. The van der Waals surface area contributed by atoms with Crippen molar-refractivity contribution < 1.29 is 4.42 Å². The van der Waals surface area contributed by atoms with Gasteiger partial charge in [0.2, 0.25) is 0 Å². The molecule has 1 heterocycles. The fraction of sp³-hybridized carbons (Fsp3) is 0.0189. The predicted molar refractivity (Wildman–Crippen MR) is 289 cm³/mol. The van der Waals surface area contributed by atoms with Crippen molar-refractivity contribution >= 4 is 126 Å². The van der Waals surface area contributed by atoms with Crippen molar-refractivity contribution in [1.29, 1.82) is 0 Å². The van der Waals surface area contributed by atoms with E-state index in [1.165, 1.54) is 77.1 Å². The largest absolute Gasteiger partial charge is 0.455 e. The van der Waals surface area contributed by atoms with E-state index in [0.717, 1.165) is 49.8 Å². The molecule has 0 spiro atoms. The first-order chi connectivity index (χ1) is 30.1. The van der Waals surface area contributed by atoms with E-state index in [1.54, 1.807) is 0 Å². The van der Waals surface area contributed by atoms with Crippen LogP contribution in [0, 0.1) is 12.3 Å². The molecule has 8 aromatic carbocycles. The fourth-order valence-corrected chi connectivity index (χ4v) is 9.48. The lowest BCUT2D eigenvalue weighted by molar-refractivity contribution is 0.670. The summed E-state index contributed by atoms with van der Waals surface area (Å²) in [6.07, 6.45) is 6.26. The van der Waals surface area contributed by atoms with Crippen molar-refractivity contribution in [2.75, 3.05) is 11.4 Å². The van der Waals surface area contributed by atoms with Crippen LogP contribution in [0.5, 0.6) is 0 Å². The van der Waals surface area contributed by atoms with E-state index in [4.69, 9.17) is 10.8 Å². The monoisotopic (exact) mass is 787 g/mol. The summed E-state index contributed by atoms with van der Waals surface area (Å²) in [5, 5.41) is 4.74. The Morgan fingerprint density at radius 3 is 1.87 bits per heavy atom. The Kier molecular flexibility index (Phi) is 11.0. The zero-order valence-corrected chi connectivity index (χ0v) is 36.7. The van der Waals surface area contributed by atoms with Crippen LogP contribution >= 0.6 is 0 Å². The summed E-state index contributed by atoms with van der Waals surface area (Å²) in [6.45, 7) is 0.667. The van der Waals surface area contributed by atoms with Crippen LogP contribution in [0.25, 0.3) is 71.7 Å². The van der Waals surface area contributed by atoms with Crippen LogP contribution in [-0.2, 0) is 0 Å². The van der Waals surface area contributed by atoms with Gasteiger partial charge in [-0.1, -0.05) is 178 Å². The first-order valence-electron chi connectivity index (χ1n) is 21.5. The van der Waals surface area contributed by atoms with E-state index in [1.807, 2.05) is 6.07 Å². The Bertz CT molecular complexity index is 3270. The van der Waals surface area contributed by atoms with Gasteiger partial charge >= 0.3 is 0 Å². The summed E-state index contributed by atoms with van der Waals surface area (Å²) in [5.74, 6) is 3.03. The van der Waals surface area contributed by atoms with Gasteiger partial charge < -0.3 is 9.32 Å². The van der Waals surface area contributed by atoms with Crippen molar-refractivity contribution in [2.45, 2.75) is 0 Å². The summed E-state index contributed by atoms with van der Waals surface area (Å²) >= 11 is 0. The number of allylic oxidation sites excluding steroid dienone is 3. The molecule has 0 aliphatic heterocycles. The number of anilines is 2. The molecule has 2 nitrogen and oxygen atoms in total. The van der Waals surface area contributed by atoms with E-state index >= 15 is 0 Å². The van der Waals surface area contributed by atoms with Gasteiger partial charge in [-0.25, -0.2) is 0 Å². The molecule has 288 valence electrons. The molecule has 9 aromatic rings. The van der Waals surface area contributed by atoms with Crippen molar-refractivity contribution in [3.05, 3.63) is 186 Å².